The van der Waals surface area contributed by atoms with E-state index in [0.717, 1.165) is 45.3 Å². The van der Waals surface area contributed by atoms with Gasteiger partial charge in [-0.2, -0.15) is 0 Å². The summed E-state index contributed by atoms with van der Waals surface area (Å²) in [5, 5.41) is 3.56. The van der Waals surface area contributed by atoms with Crippen molar-refractivity contribution in [2.45, 2.75) is 56.7 Å². The summed E-state index contributed by atoms with van der Waals surface area (Å²) in [4.78, 5) is 17.4. The van der Waals surface area contributed by atoms with Gasteiger partial charge < -0.3 is 5.32 Å². The zero-order valence-electron chi connectivity index (χ0n) is 15.1. The SMILES string of the molecule is O=C(NC[C@@H](c1c(F)cccc1Cl)N1CCCC1)[C@H]1CCCN1C1CC1. The van der Waals surface area contributed by atoms with Gasteiger partial charge in [0.15, 0.2) is 0 Å². The molecular weight excluding hydrogens is 353 g/mol. The third-order valence-corrected chi connectivity index (χ3v) is 6.33. The van der Waals surface area contributed by atoms with E-state index in [1.54, 1.807) is 12.1 Å². The van der Waals surface area contributed by atoms with Crippen molar-refractivity contribution in [1.82, 2.24) is 15.1 Å². The Morgan fingerprint density at radius 2 is 1.96 bits per heavy atom. The molecule has 26 heavy (non-hydrogen) atoms. The molecule has 3 aliphatic rings. The van der Waals surface area contributed by atoms with Crippen LogP contribution >= 0.6 is 11.6 Å². The fourth-order valence-electron chi connectivity index (χ4n) is 4.52. The molecule has 1 aromatic rings. The lowest BCUT2D eigenvalue weighted by Gasteiger charge is -2.30. The summed E-state index contributed by atoms with van der Waals surface area (Å²) in [6.45, 7) is 3.28. The molecule has 2 saturated heterocycles. The Labute approximate surface area is 159 Å². The van der Waals surface area contributed by atoms with Crippen molar-refractivity contribution in [3.8, 4) is 0 Å². The van der Waals surface area contributed by atoms with E-state index < -0.39 is 0 Å². The van der Waals surface area contributed by atoms with Crippen molar-refractivity contribution in [3.05, 3.63) is 34.6 Å². The highest BCUT2D eigenvalue weighted by Gasteiger charge is 2.40. The lowest BCUT2D eigenvalue weighted by atomic mass is 10.0. The monoisotopic (exact) mass is 379 g/mol. The lowest BCUT2D eigenvalue weighted by molar-refractivity contribution is -0.125. The predicted octanol–water partition coefficient (Wildman–Crippen LogP) is 3.36. The van der Waals surface area contributed by atoms with E-state index in [1.807, 2.05) is 0 Å². The van der Waals surface area contributed by atoms with E-state index in [0.29, 0.717) is 23.2 Å². The number of nitrogens with one attached hydrogen (secondary N) is 1. The summed E-state index contributed by atoms with van der Waals surface area (Å²) in [6.07, 6.45) is 6.65. The third-order valence-electron chi connectivity index (χ3n) is 6.00. The second kappa shape index (κ2) is 7.83. The second-order valence-electron chi connectivity index (χ2n) is 7.77. The average molecular weight is 380 g/mol. The highest BCUT2D eigenvalue weighted by Crippen LogP contribution is 2.34. The van der Waals surface area contributed by atoms with Gasteiger partial charge in [0.25, 0.3) is 0 Å². The number of carbonyl (C=O) groups is 1. The molecule has 142 valence electrons. The Morgan fingerprint density at radius 3 is 2.65 bits per heavy atom. The zero-order valence-corrected chi connectivity index (χ0v) is 15.8. The molecule has 2 atom stereocenters. The molecular formula is C20H27ClFN3O. The van der Waals surface area contributed by atoms with Crippen LogP contribution in [0.2, 0.25) is 5.02 Å². The zero-order chi connectivity index (χ0) is 18.1. The number of rotatable bonds is 6. The van der Waals surface area contributed by atoms with E-state index in [-0.39, 0.29) is 23.8 Å². The van der Waals surface area contributed by atoms with Crippen molar-refractivity contribution in [1.29, 1.82) is 0 Å². The molecule has 2 heterocycles. The molecule has 1 aromatic carbocycles. The molecule has 1 saturated carbocycles. The topological polar surface area (TPSA) is 35.6 Å². The fourth-order valence-corrected chi connectivity index (χ4v) is 4.81. The van der Waals surface area contributed by atoms with Crippen molar-refractivity contribution >= 4 is 17.5 Å². The Hall–Kier alpha value is -1.17. The molecule has 1 amide bonds. The molecule has 0 aromatic heterocycles. The number of halogens is 2. The largest absolute Gasteiger partial charge is 0.353 e. The summed E-state index contributed by atoms with van der Waals surface area (Å²) in [6, 6.07) is 5.20. The van der Waals surface area contributed by atoms with Crippen molar-refractivity contribution in [2.75, 3.05) is 26.2 Å². The molecule has 0 bridgehead atoms. The number of likely N-dealkylation sites (tertiary alicyclic amines) is 2. The molecule has 4 rings (SSSR count). The van der Waals surface area contributed by atoms with E-state index in [9.17, 15) is 9.18 Å². The quantitative estimate of drug-likeness (QED) is 0.823. The first-order valence-corrected chi connectivity index (χ1v) is 10.2. The lowest BCUT2D eigenvalue weighted by Crippen LogP contribution is -2.46. The van der Waals surface area contributed by atoms with Gasteiger partial charge in [-0.15, -0.1) is 0 Å². The van der Waals surface area contributed by atoms with Gasteiger partial charge in [-0.25, -0.2) is 4.39 Å². The highest BCUT2D eigenvalue weighted by molar-refractivity contribution is 6.31. The smallest absolute Gasteiger partial charge is 0.237 e. The maximum atomic E-state index is 14.5. The highest BCUT2D eigenvalue weighted by atomic mass is 35.5. The molecule has 3 fully saturated rings. The van der Waals surface area contributed by atoms with Gasteiger partial charge in [0.1, 0.15) is 5.82 Å². The van der Waals surface area contributed by atoms with Crippen LogP contribution in [0.5, 0.6) is 0 Å². The predicted molar refractivity (Wildman–Crippen MR) is 101 cm³/mol. The summed E-state index contributed by atoms with van der Waals surface area (Å²) >= 11 is 6.33. The fraction of sp³-hybridized carbons (Fsp3) is 0.650. The summed E-state index contributed by atoms with van der Waals surface area (Å²) in [5.74, 6) is -0.199. The van der Waals surface area contributed by atoms with Crippen LogP contribution in [-0.2, 0) is 4.79 Å². The Morgan fingerprint density at radius 1 is 1.19 bits per heavy atom. The summed E-state index contributed by atoms with van der Waals surface area (Å²) in [5.41, 5.74) is 0.516. The van der Waals surface area contributed by atoms with Crippen LogP contribution < -0.4 is 5.32 Å². The summed E-state index contributed by atoms with van der Waals surface area (Å²) in [7, 11) is 0. The van der Waals surface area contributed by atoms with Gasteiger partial charge in [0.2, 0.25) is 5.91 Å². The van der Waals surface area contributed by atoms with Crippen molar-refractivity contribution < 1.29 is 9.18 Å². The van der Waals surface area contributed by atoms with Gasteiger partial charge in [-0.3, -0.25) is 14.6 Å². The van der Waals surface area contributed by atoms with Crippen molar-refractivity contribution in [3.63, 3.8) is 0 Å². The van der Waals surface area contributed by atoms with Crippen LogP contribution in [0.25, 0.3) is 0 Å². The number of nitrogens with zero attached hydrogens (tertiary/aromatic N) is 2. The molecule has 6 heteroatoms. The molecule has 1 aliphatic carbocycles. The normalized spacial score (nSPS) is 25.5. The molecule has 0 radical (unpaired) electrons. The minimum atomic E-state index is -0.288. The molecule has 4 nitrogen and oxygen atoms in total. The minimum absolute atomic E-state index is 0.0159. The molecule has 2 aliphatic heterocycles. The number of benzene rings is 1. The van der Waals surface area contributed by atoms with Crippen LogP contribution in [-0.4, -0.2) is 54.0 Å². The first-order chi connectivity index (χ1) is 12.6. The Kier molecular flexibility index (Phi) is 5.48. The summed E-state index contributed by atoms with van der Waals surface area (Å²) < 4.78 is 14.5. The van der Waals surface area contributed by atoms with Crippen LogP contribution in [0.3, 0.4) is 0 Å². The number of hydrogen-bond acceptors (Lipinski definition) is 3. The first kappa shape index (κ1) is 18.2. The van der Waals surface area contributed by atoms with E-state index in [4.69, 9.17) is 11.6 Å². The van der Waals surface area contributed by atoms with E-state index >= 15 is 0 Å². The van der Waals surface area contributed by atoms with Gasteiger partial charge in [-0.1, -0.05) is 17.7 Å². The van der Waals surface area contributed by atoms with Crippen molar-refractivity contribution in [2.24, 2.45) is 0 Å². The van der Waals surface area contributed by atoms with Crippen LogP contribution in [0.15, 0.2) is 18.2 Å². The molecule has 1 N–H and O–H groups in total. The number of amides is 1. The maximum absolute atomic E-state index is 14.5. The van der Waals surface area contributed by atoms with E-state index in [2.05, 4.69) is 15.1 Å². The second-order valence-corrected chi connectivity index (χ2v) is 8.17. The van der Waals surface area contributed by atoms with E-state index in [1.165, 1.54) is 18.9 Å². The Bertz CT molecular complexity index is 640. The molecule has 0 spiro atoms. The van der Waals surface area contributed by atoms with Gasteiger partial charge in [-0.05, 0) is 70.3 Å². The maximum Gasteiger partial charge on any atom is 0.237 e. The van der Waals surface area contributed by atoms with Crippen LogP contribution in [0.4, 0.5) is 4.39 Å². The van der Waals surface area contributed by atoms with Crippen LogP contribution in [0, 0.1) is 5.82 Å². The van der Waals surface area contributed by atoms with Gasteiger partial charge in [0, 0.05) is 23.2 Å². The first-order valence-electron chi connectivity index (χ1n) is 9.86. The molecule has 0 unspecified atom stereocenters. The Balaban J connectivity index is 1.47. The third kappa shape index (κ3) is 3.75. The number of carbonyl (C=O) groups excluding carboxylic acids is 1. The standard InChI is InChI=1S/C20H27ClFN3O/c21-15-5-3-6-16(22)19(15)18(24-10-1-2-11-24)13-23-20(26)17-7-4-12-25(17)14-8-9-14/h3,5-6,14,17-18H,1-2,4,7-13H2,(H,23,26)/t17-,18+/m1/s1. The van der Waals surface area contributed by atoms with Crippen LogP contribution in [0.1, 0.15) is 50.1 Å². The van der Waals surface area contributed by atoms with Gasteiger partial charge in [0.05, 0.1) is 12.1 Å². The average Bonchev–Trinajstić information content (AvgIpc) is 3.11. The minimum Gasteiger partial charge on any atom is -0.353 e. The number of hydrogen-bond donors (Lipinski definition) is 1. The van der Waals surface area contributed by atoms with Gasteiger partial charge >= 0.3 is 0 Å².